The Bertz CT molecular complexity index is 1170. The minimum atomic E-state index is -3.25. The number of hydrogen-bond acceptors (Lipinski definition) is 8. The van der Waals surface area contributed by atoms with Crippen LogP contribution in [0.1, 0.15) is 13.8 Å². The van der Waals surface area contributed by atoms with E-state index in [1.807, 2.05) is 74.5 Å². The fourth-order valence-corrected chi connectivity index (χ4v) is 8.02. The lowest BCUT2D eigenvalue weighted by molar-refractivity contribution is -0.140. The van der Waals surface area contributed by atoms with Gasteiger partial charge in [-0.3, -0.25) is 43.6 Å². The van der Waals surface area contributed by atoms with Crippen molar-refractivity contribution in [3.05, 3.63) is 60.7 Å². The van der Waals surface area contributed by atoms with Crippen molar-refractivity contribution >= 4 is 35.8 Å². The quantitative estimate of drug-likeness (QED) is 0.249. The molecule has 12 nitrogen and oxygen atoms in total. The van der Waals surface area contributed by atoms with Gasteiger partial charge in [0.2, 0.25) is 7.29 Å². The minimum absolute atomic E-state index is 0.182. The summed E-state index contributed by atoms with van der Waals surface area (Å²) in [6.45, 7) is 7.03. The number of carbonyl (C=O) groups is 3. The van der Waals surface area contributed by atoms with Gasteiger partial charge in [-0.15, -0.1) is 0 Å². The van der Waals surface area contributed by atoms with Crippen molar-refractivity contribution in [1.29, 1.82) is 0 Å². The fourth-order valence-electron chi connectivity index (χ4n) is 5.36. The highest BCUT2D eigenvalue weighted by Gasteiger charge is 2.35. The van der Waals surface area contributed by atoms with Gasteiger partial charge in [-0.2, -0.15) is 0 Å². The summed E-state index contributed by atoms with van der Waals surface area (Å²) >= 11 is 0. The number of carboxylic acid groups (broad SMARTS) is 3. The molecule has 0 aliphatic carbocycles. The Balaban J connectivity index is 1.85. The molecule has 1 aliphatic heterocycles. The molecule has 0 atom stereocenters. The van der Waals surface area contributed by atoms with E-state index in [1.165, 1.54) is 0 Å². The van der Waals surface area contributed by atoms with Crippen molar-refractivity contribution in [3.63, 3.8) is 0 Å². The van der Waals surface area contributed by atoms with Crippen molar-refractivity contribution < 1.29 is 34.3 Å². The van der Waals surface area contributed by atoms with Crippen LogP contribution in [0.4, 0.5) is 0 Å². The van der Waals surface area contributed by atoms with Crippen molar-refractivity contribution in [2.75, 3.05) is 78.5 Å². The van der Waals surface area contributed by atoms with Crippen LogP contribution in [0, 0.1) is 0 Å². The molecule has 3 rings (SSSR count). The van der Waals surface area contributed by atoms with Gasteiger partial charge >= 0.3 is 17.9 Å². The zero-order valence-corrected chi connectivity index (χ0v) is 25.9. The second kappa shape index (κ2) is 16.1. The van der Waals surface area contributed by atoms with E-state index in [0.717, 1.165) is 0 Å². The van der Waals surface area contributed by atoms with Crippen LogP contribution in [0.25, 0.3) is 0 Å². The molecule has 43 heavy (non-hydrogen) atoms. The zero-order chi connectivity index (χ0) is 31.5. The Kier molecular flexibility index (Phi) is 12.9. The standard InChI is InChI=1S/C30H44N5O7P/c1-30(2,31-43(42,25-9-5-3-6-10-25)26-11-7-4-8-12-26)24-35-19-17-33(22-28(38)39)15-13-32(21-27(36)37)14-16-34(18-20-35)23-29(40)41/h3-12H,13-24H2,1-2H3,(H,31,42)(H,36,37)(H,38,39)(H,40,41). The van der Waals surface area contributed by atoms with E-state index in [9.17, 15) is 34.3 Å². The maximum Gasteiger partial charge on any atom is 0.317 e. The molecule has 0 radical (unpaired) electrons. The van der Waals surface area contributed by atoms with E-state index in [4.69, 9.17) is 0 Å². The molecule has 2 aromatic rings. The van der Waals surface area contributed by atoms with Crippen LogP contribution in [0.2, 0.25) is 0 Å². The summed E-state index contributed by atoms with van der Waals surface area (Å²) < 4.78 is 14.7. The van der Waals surface area contributed by atoms with Gasteiger partial charge in [-0.05, 0) is 38.1 Å². The smallest absolute Gasteiger partial charge is 0.317 e. The highest BCUT2D eigenvalue weighted by molar-refractivity contribution is 7.77. The average Bonchev–Trinajstić information content (AvgIpc) is 2.94. The largest absolute Gasteiger partial charge is 0.480 e. The molecule has 0 spiro atoms. The minimum Gasteiger partial charge on any atom is -0.480 e. The Morgan fingerprint density at radius 1 is 0.628 bits per heavy atom. The topological polar surface area (TPSA) is 154 Å². The number of nitrogens with zero attached hydrogens (tertiary/aromatic N) is 4. The van der Waals surface area contributed by atoms with Gasteiger partial charge in [0.1, 0.15) is 0 Å². The van der Waals surface area contributed by atoms with E-state index in [2.05, 4.69) is 9.99 Å². The summed E-state index contributed by atoms with van der Waals surface area (Å²) in [5.41, 5.74) is -0.661. The van der Waals surface area contributed by atoms with Crippen molar-refractivity contribution in [2.24, 2.45) is 0 Å². The molecule has 0 unspecified atom stereocenters. The first-order valence-electron chi connectivity index (χ1n) is 14.4. The molecule has 4 N–H and O–H groups in total. The van der Waals surface area contributed by atoms with Gasteiger partial charge < -0.3 is 15.3 Å². The van der Waals surface area contributed by atoms with E-state index < -0.39 is 30.7 Å². The van der Waals surface area contributed by atoms with Crippen LogP contribution in [-0.4, -0.2) is 137 Å². The molecular weight excluding hydrogens is 573 g/mol. The van der Waals surface area contributed by atoms with Crippen LogP contribution < -0.4 is 15.7 Å². The molecule has 1 heterocycles. The first-order valence-corrected chi connectivity index (χ1v) is 16.1. The third-order valence-corrected chi connectivity index (χ3v) is 10.3. The van der Waals surface area contributed by atoms with Gasteiger partial charge in [0, 0.05) is 75.1 Å². The highest BCUT2D eigenvalue weighted by atomic mass is 31.2. The molecule has 0 saturated carbocycles. The molecule has 0 bridgehead atoms. The predicted molar refractivity (Wildman–Crippen MR) is 166 cm³/mol. The number of aliphatic carboxylic acids is 3. The Hall–Kier alpha value is -3.12. The number of benzene rings is 2. The maximum absolute atomic E-state index is 14.7. The van der Waals surface area contributed by atoms with Crippen molar-refractivity contribution in [2.45, 2.75) is 19.4 Å². The van der Waals surface area contributed by atoms with Crippen molar-refractivity contribution in [3.8, 4) is 0 Å². The van der Waals surface area contributed by atoms with Gasteiger partial charge in [-0.25, -0.2) is 0 Å². The van der Waals surface area contributed by atoms with Crippen LogP contribution in [-0.2, 0) is 18.9 Å². The van der Waals surface area contributed by atoms with Crippen LogP contribution >= 0.6 is 7.29 Å². The third kappa shape index (κ3) is 11.5. The highest BCUT2D eigenvalue weighted by Crippen LogP contribution is 2.41. The lowest BCUT2D eigenvalue weighted by atomic mass is 10.1. The fraction of sp³-hybridized carbons (Fsp3) is 0.500. The van der Waals surface area contributed by atoms with Crippen LogP contribution in [0.15, 0.2) is 60.7 Å². The number of rotatable bonds is 12. The predicted octanol–water partition coefficient (Wildman–Crippen LogP) is 0.759. The zero-order valence-electron chi connectivity index (χ0n) is 25.0. The van der Waals surface area contributed by atoms with Gasteiger partial charge in [0.15, 0.2) is 0 Å². The second-order valence-corrected chi connectivity index (χ2v) is 14.0. The SMILES string of the molecule is CC(C)(CN1CCN(CC(=O)O)CCN(CC(=O)O)CCN(CC(=O)O)CC1)NP(=O)(c1ccccc1)c1ccccc1. The third-order valence-electron chi connectivity index (χ3n) is 7.33. The molecule has 1 fully saturated rings. The van der Waals surface area contributed by atoms with E-state index in [1.54, 1.807) is 14.7 Å². The molecule has 1 aliphatic rings. The molecule has 1 saturated heterocycles. The Morgan fingerprint density at radius 3 is 1.23 bits per heavy atom. The number of carboxylic acids is 3. The van der Waals surface area contributed by atoms with E-state index >= 15 is 0 Å². The van der Waals surface area contributed by atoms with Gasteiger partial charge in [0.05, 0.1) is 19.6 Å². The van der Waals surface area contributed by atoms with Crippen LogP contribution in [0.5, 0.6) is 0 Å². The summed E-state index contributed by atoms with van der Waals surface area (Å²) in [4.78, 5) is 42.1. The van der Waals surface area contributed by atoms with Crippen LogP contribution in [0.3, 0.4) is 0 Å². The van der Waals surface area contributed by atoms with Gasteiger partial charge in [-0.1, -0.05) is 36.4 Å². The number of hydrogen-bond donors (Lipinski definition) is 4. The van der Waals surface area contributed by atoms with E-state index in [-0.39, 0.29) is 19.6 Å². The van der Waals surface area contributed by atoms with Crippen molar-refractivity contribution in [1.82, 2.24) is 24.7 Å². The molecule has 236 valence electrons. The second-order valence-electron chi connectivity index (χ2n) is 11.6. The molecular formula is C30H44N5O7P. The first kappa shape index (κ1) is 34.4. The molecule has 2 aromatic carbocycles. The maximum atomic E-state index is 14.7. The summed E-state index contributed by atoms with van der Waals surface area (Å²) in [6, 6.07) is 18.6. The summed E-state index contributed by atoms with van der Waals surface area (Å²) in [5.74, 6) is -2.93. The van der Waals surface area contributed by atoms with E-state index in [0.29, 0.717) is 69.5 Å². The normalized spacial score (nSPS) is 17.5. The summed E-state index contributed by atoms with van der Waals surface area (Å²) in [6.07, 6.45) is 0. The lowest BCUT2D eigenvalue weighted by Crippen LogP contribution is -2.54. The summed E-state index contributed by atoms with van der Waals surface area (Å²) in [5, 5.41) is 33.2. The molecule has 0 aromatic heterocycles. The number of nitrogens with one attached hydrogen (secondary N) is 1. The molecule has 13 heteroatoms. The monoisotopic (exact) mass is 617 g/mol. The van der Waals surface area contributed by atoms with Gasteiger partial charge in [0.25, 0.3) is 0 Å². The Labute approximate surface area is 253 Å². The average molecular weight is 618 g/mol. The summed E-state index contributed by atoms with van der Waals surface area (Å²) in [7, 11) is -3.25. The Morgan fingerprint density at radius 2 is 0.930 bits per heavy atom. The molecule has 0 amide bonds. The first-order chi connectivity index (χ1) is 20.4. The lowest BCUT2D eigenvalue weighted by Gasteiger charge is -2.39.